The van der Waals surface area contributed by atoms with Crippen molar-refractivity contribution >= 4 is 23.6 Å². The van der Waals surface area contributed by atoms with Gasteiger partial charge in [-0.3, -0.25) is 4.79 Å². The summed E-state index contributed by atoms with van der Waals surface area (Å²) in [5, 5.41) is 7.06. The lowest BCUT2D eigenvalue weighted by atomic mass is 10.1. The summed E-state index contributed by atoms with van der Waals surface area (Å²) in [4.78, 5) is 24.0. The molecule has 2 aromatic carbocycles. The number of aromatic nitrogens is 2. The predicted molar refractivity (Wildman–Crippen MR) is 104 cm³/mol. The Balaban J connectivity index is 1.70. The Hall–Kier alpha value is -3.67. The van der Waals surface area contributed by atoms with Gasteiger partial charge in [0.05, 0.1) is 24.6 Å². The Morgan fingerprint density at radius 1 is 1.11 bits per heavy atom. The number of methoxy groups -OCH3 is 1. The van der Waals surface area contributed by atoms with Crippen LogP contribution < -0.4 is 5.32 Å². The standard InChI is InChI=1S/C21H19N3O3/c1-15-18(21(26)27-2)9-6-10-19(15)23-20(25)12-11-16-13-22-24(14-16)17-7-4-3-5-8-17/h3-14H,1-2H3,(H,23,25). The van der Waals surface area contributed by atoms with Crippen molar-refractivity contribution in [3.8, 4) is 5.69 Å². The number of hydrogen-bond acceptors (Lipinski definition) is 4. The molecule has 0 unspecified atom stereocenters. The average molecular weight is 361 g/mol. The van der Waals surface area contributed by atoms with E-state index in [1.165, 1.54) is 13.2 Å². The van der Waals surface area contributed by atoms with Crippen LogP contribution in [0, 0.1) is 6.92 Å². The SMILES string of the molecule is COC(=O)c1cccc(NC(=O)C=Cc2cnn(-c3ccccc3)c2)c1C. The number of carbonyl (C=O) groups excluding carboxylic acids is 2. The molecule has 0 atom stereocenters. The fraction of sp³-hybridized carbons (Fsp3) is 0.0952. The van der Waals surface area contributed by atoms with Crippen LogP contribution in [0.25, 0.3) is 11.8 Å². The van der Waals surface area contributed by atoms with Gasteiger partial charge in [0.2, 0.25) is 5.91 Å². The summed E-state index contributed by atoms with van der Waals surface area (Å²) in [7, 11) is 1.32. The number of hydrogen-bond donors (Lipinski definition) is 1. The second-order valence-electron chi connectivity index (χ2n) is 5.85. The molecule has 136 valence electrons. The summed E-state index contributed by atoms with van der Waals surface area (Å²) < 4.78 is 6.48. The zero-order chi connectivity index (χ0) is 19.2. The van der Waals surface area contributed by atoms with Crippen LogP contribution in [-0.2, 0) is 9.53 Å². The van der Waals surface area contributed by atoms with Gasteiger partial charge < -0.3 is 10.1 Å². The number of nitrogens with one attached hydrogen (secondary N) is 1. The van der Waals surface area contributed by atoms with E-state index < -0.39 is 5.97 Å². The van der Waals surface area contributed by atoms with Gasteiger partial charge in [-0.05, 0) is 42.8 Å². The Morgan fingerprint density at radius 2 is 1.89 bits per heavy atom. The van der Waals surface area contributed by atoms with Crippen LogP contribution in [0.5, 0.6) is 0 Å². The van der Waals surface area contributed by atoms with Gasteiger partial charge >= 0.3 is 5.97 Å². The third-order valence-corrected chi connectivity index (χ3v) is 4.05. The number of carbonyl (C=O) groups is 2. The van der Waals surface area contributed by atoms with E-state index in [-0.39, 0.29) is 5.91 Å². The molecule has 0 aliphatic heterocycles. The number of amides is 1. The van der Waals surface area contributed by atoms with Crippen LogP contribution in [0.15, 0.2) is 67.0 Å². The number of esters is 1. The van der Waals surface area contributed by atoms with E-state index in [2.05, 4.69) is 10.4 Å². The maximum absolute atomic E-state index is 12.2. The first kappa shape index (κ1) is 18.1. The molecule has 0 fully saturated rings. The first-order chi connectivity index (χ1) is 13.1. The van der Waals surface area contributed by atoms with Crippen LogP contribution in [0.2, 0.25) is 0 Å². The molecule has 0 bridgehead atoms. The largest absolute Gasteiger partial charge is 0.465 e. The van der Waals surface area contributed by atoms with Crippen LogP contribution in [-0.4, -0.2) is 28.8 Å². The van der Waals surface area contributed by atoms with Gasteiger partial charge in [0.15, 0.2) is 0 Å². The van der Waals surface area contributed by atoms with Gasteiger partial charge in [0.1, 0.15) is 0 Å². The summed E-state index contributed by atoms with van der Waals surface area (Å²) >= 11 is 0. The minimum atomic E-state index is -0.438. The predicted octanol–water partition coefficient (Wildman–Crippen LogP) is 3.62. The average Bonchev–Trinajstić information content (AvgIpc) is 3.17. The Bertz CT molecular complexity index is 991. The minimum absolute atomic E-state index is 0.299. The highest BCUT2D eigenvalue weighted by Crippen LogP contribution is 2.20. The maximum atomic E-state index is 12.2. The van der Waals surface area contributed by atoms with E-state index >= 15 is 0 Å². The molecule has 1 amide bonds. The van der Waals surface area contributed by atoms with Crippen LogP contribution in [0.1, 0.15) is 21.5 Å². The lowest BCUT2D eigenvalue weighted by Crippen LogP contribution is -2.11. The van der Waals surface area contributed by atoms with Crippen LogP contribution in [0.3, 0.4) is 0 Å². The van der Waals surface area contributed by atoms with Gasteiger partial charge in [0.25, 0.3) is 0 Å². The number of anilines is 1. The normalized spacial score (nSPS) is 10.7. The van der Waals surface area contributed by atoms with Gasteiger partial charge in [-0.25, -0.2) is 9.48 Å². The van der Waals surface area contributed by atoms with Crippen LogP contribution in [0.4, 0.5) is 5.69 Å². The van der Waals surface area contributed by atoms with Crippen molar-refractivity contribution in [2.24, 2.45) is 0 Å². The molecule has 3 rings (SSSR count). The Morgan fingerprint density at radius 3 is 2.63 bits per heavy atom. The first-order valence-electron chi connectivity index (χ1n) is 8.35. The highest BCUT2D eigenvalue weighted by atomic mass is 16.5. The number of nitrogens with zero attached hydrogens (tertiary/aromatic N) is 2. The second kappa shape index (κ2) is 8.14. The van der Waals surface area contributed by atoms with Gasteiger partial charge in [-0.1, -0.05) is 24.3 Å². The molecule has 1 aromatic heterocycles. The summed E-state index contributed by atoms with van der Waals surface area (Å²) in [6, 6.07) is 14.8. The lowest BCUT2D eigenvalue weighted by molar-refractivity contribution is -0.111. The molecule has 3 aromatic rings. The summed E-state index contributed by atoms with van der Waals surface area (Å²) in [6.45, 7) is 1.76. The fourth-order valence-corrected chi connectivity index (χ4v) is 2.59. The van der Waals surface area contributed by atoms with Crippen molar-refractivity contribution in [3.63, 3.8) is 0 Å². The van der Waals surface area contributed by atoms with E-state index in [1.54, 1.807) is 42.1 Å². The van der Waals surface area contributed by atoms with E-state index in [1.807, 2.05) is 36.5 Å². The van der Waals surface area contributed by atoms with Crippen LogP contribution >= 0.6 is 0 Å². The van der Waals surface area contributed by atoms with E-state index in [0.29, 0.717) is 16.8 Å². The molecular formula is C21H19N3O3. The summed E-state index contributed by atoms with van der Waals surface area (Å²) in [6.07, 6.45) is 6.63. The highest BCUT2D eigenvalue weighted by Gasteiger charge is 2.12. The lowest BCUT2D eigenvalue weighted by Gasteiger charge is -2.10. The number of ether oxygens (including phenoxy) is 1. The third-order valence-electron chi connectivity index (χ3n) is 4.05. The molecule has 6 nitrogen and oxygen atoms in total. The molecule has 0 aliphatic rings. The van der Waals surface area contributed by atoms with E-state index in [4.69, 9.17) is 4.74 Å². The van der Waals surface area contributed by atoms with Crippen molar-refractivity contribution in [1.82, 2.24) is 9.78 Å². The molecule has 0 radical (unpaired) electrons. The highest BCUT2D eigenvalue weighted by molar-refractivity contribution is 6.03. The fourth-order valence-electron chi connectivity index (χ4n) is 2.59. The van der Waals surface area contributed by atoms with Gasteiger partial charge in [-0.15, -0.1) is 0 Å². The minimum Gasteiger partial charge on any atom is -0.465 e. The van der Waals surface area contributed by atoms with E-state index in [9.17, 15) is 9.59 Å². The number of benzene rings is 2. The zero-order valence-corrected chi connectivity index (χ0v) is 15.0. The smallest absolute Gasteiger partial charge is 0.338 e. The summed E-state index contributed by atoms with van der Waals surface area (Å²) in [5.74, 6) is -0.736. The monoisotopic (exact) mass is 361 g/mol. The molecular weight excluding hydrogens is 342 g/mol. The van der Waals surface area contributed by atoms with Crippen molar-refractivity contribution in [2.45, 2.75) is 6.92 Å². The molecule has 27 heavy (non-hydrogen) atoms. The van der Waals surface area contributed by atoms with Crippen molar-refractivity contribution < 1.29 is 14.3 Å². The second-order valence-corrected chi connectivity index (χ2v) is 5.85. The van der Waals surface area contributed by atoms with Crippen molar-refractivity contribution in [3.05, 3.63) is 83.7 Å². The van der Waals surface area contributed by atoms with E-state index in [0.717, 1.165) is 11.3 Å². The molecule has 0 saturated heterocycles. The topological polar surface area (TPSA) is 73.2 Å². The molecule has 1 N–H and O–H groups in total. The third kappa shape index (κ3) is 4.30. The molecule has 6 heteroatoms. The number of rotatable bonds is 5. The molecule has 0 saturated carbocycles. The first-order valence-corrected chi connectivity index (χ1v) is 8.35. The zero-order valence-electron chi connectivity index (χ0n) is 15.0. The van der Waals surface area contributed by atoms with Crippen molar-refractivity contribution in [1.29, 1.82) is 0 Å². The Kier molecular flexibility index (Phi) is 5.47. The maximum Gasteiger partial charge on any atom is 0.338 e. The molecule has 0 aliphatic carbocycles. The van der Waals surface area contributed by atoms with Gasteiger partial charge in [0, 0.05) is 23.5 Å². The van der Waals surface area contributed by atoms with Crippen molar-refractivity contribution in [2.75, 3.05) is 12.4 Å². The molecule has 1 heterocycles. The number of para-hydroxylation sites is 1. The molecule has 0 spiro atoms. The Labute approximate surface area is 157 Å². The van der Waals surface area contributed by atoms with Gasteiger partial charge in [-0.2, -0.15) is 5.10 Å². The quantitative estimate of drug-likeness (QED) is 0.556. The summed E-state index contributed by atoms with van der Waals surface area (Å²) in [5.41, 5.74) is 3.38.